The maximum absolute atomic E-state index is 11.8. The molecule has 1 aromatic carbocycles. The molecule has 0 heterocycles. The smallest absolute Gasteiger partial charge is 0.422 e. The van der Waals surface area contributed by atoms with Gasteiger partial charge in [-0.15, -0.1) is 0 Å². The number of hydrogen-bond acceptors (Lipinski definition) is 4. The summed E-state index contributed by atoms with van der Waals surface area (Å²) in [5, 5.41) is 0. The lowest BCUT2D eigenvalue weighted by Gasteiger charge is -2.26. The summed E-state index contributed by atoms with van der Waals surface area (Å²) in [7, 11) is 0. The molecule has 1 aromatic rings. The number of para-hydroxylation sites is 1. The summed E-state index contributed by atoms with van der Waals surface area (Å²) in [5.74, 6) is -1.51. The molecule has 1 rings (SSSR count). The molecule has 0 aliphatic rings. The van der Waals surface area contributed by atoms with Crippen LogP contribution in [0.3, 0.4) is 0 Å². The topological polar surface area (TPSA) is 52.6 Å². The maximum Gasteiger partial charge on any atom is 0.422 e. The van der Waals surface area contributed by atoms with E-state index in [9.17, 15) is 9.59 Å². The molecule has 0 aliphatic heterocycles. The Morgan fingerprint density at radius 1 is 1.05 bits per heavy atom. The lowest BCUT2D eigenvalue weighted by Crippen LogP contribution is -2.35. The van der Waals surface area contributed by atoms with E-state index in [2.05, 4.69) is 0 Å². The molecule has 0 radical (unpaired) electrons. The van der Waals surface area contributed by atoms with Gasteiger partial charge in [-0.1, -0.05) is 39.0 Å². The zero-order valence-electron chi connectivity index (χ0n) is 12.6. The number of ether oxygens (including phenoxy) is 2. The van der Waals surface area contributed by atoms with Crippen LogP contribution in [-0.4, -0.2) is 26.0 Å². The van der Waals surface area contributed by atoms with Crippen molar-refractivity contribution in [3.05, 3.63) is 29.8 Å². The Bertz CT molecular complexity index is 481. The molecule has 5 heteroatoms. The second kappa shape index (κ2) is 8.50. The van der Waals surface area contributed by atoms with Crippen molar-refractivity contribution in [3.8, 4) is 5.75 Å². The van der Waals surface area contributed by atoms with Crippen molar-refractivity contribution >= 4 is 20.4 Å². The SMILES string of the molecule is B.CCc1ccccc1OC(=O)C(=O)OC(C)(CC)CC. The maximum atomic E-state index is 11.8. The Labute approximate surface area is 128 Å². The summed E-state index contributed by atoms with van der Waals surface area (Å²) in [6.45, 7) is 7.58. The van der Waals surface area contributed by atoms with Crippen molar-refractivity contribution in [2.75, 3.05) is 0 Å². The van der Waals surface area contributed by atoms with Gasteiger partial charge in [0.25, 0.3) is 0 Å². The van der Waals surface area contributed by atoms with Gasteiger partial charge in [0.15, 0.2) is 0 Å². The number of aryl methyl sites for hydroxylation is 1. The van der Waals surface area contributed by atoms with E-state index < -0.39 is 17.5 Å². The monoisotopic (exact) mass is 292 g/mol. The second-order valence-electron chi connectivity index (χ2n) is 4.90. The Morgan fingerprint density at radius 2 is 1.62 bits per heavy atom. The first-order chi connectivity index (χ1) is 9.45. The van der Waals surface area contributed by atoms with Crippen LogP contribution in [0.5, 0.6) is 5.75 Å². The largest absolute Gasteiger partial charge is 0.451 e. The first-order valence-electron chi connectivity index (χ1n) is 6.98. The number of benzene rings is 1. The number of carbonyl (C=O) groups is 2. The van der Waals surface area contributed by atoms with Gasteiger partial charge >= 0.3 is 11.9 Å². The summed E-state index contributed by atoms with van der Waals surface area (Å²) in [6, 6.07) is 7.15. The third kappa shape index (κ3) is 5.25. The van der Waals surface area contributed by atoms with E-state index in [1.165, 1.54) is 0 Å². The van der Waals surface area contributed by atoms with Gasteiger partial charge < -0.3 is 9.47 Å². The predicted molar refractivity (Wildman–Crippen MR) is 86.5 cm³/mol. The van der Waals surface area contributed by atoms with Crippen molar-refractivity contribution < 1.29 is 19.1 Å². The van der Waals surface area contributed by atoms with Crippen molar-refractivity contribution in [2.24, 2.45) is 0 Å². The summed E-state index contributed by atoms with van der Waals surface area (Å²) in [4.78, 5) is 23.6. The summed E-state index contributed by atoms with van der Waals surface area (Å²) >= 11 is 0. The predicted octanol–water partition coefficient (Wildman–Crippen LogP) is 2.09. The minimum Gasteiger partial charge on any atom is -0.451 e. The Balaban J connectivity index is 0.00000400. The molecule has 0 spiro atoms. The standard InChI is InChI=1S/C16H22O4.BH3/c1-5-12-10-8-9-11-13(12)19-14(17)15(18)20-16(4,6-2)7-3;/h8-11H,5-7H2,1-4H3;1H3. The molecule has 0 unspecified atom stereocenters. The number of esters is 2. The molecular weight excluding hydrogens is 267 g/mol. The molecule has 0 amide bonds. The summed E-state index contributed by atoms with van der Waals surface area (Å²) in [5.41, 5.74) is 0.253. The van der Waals surface area contributed by atoms with Gasteiger partial charge in [0, 0.05) is 0 Å². The fraction of sp³-hybridized carbons (Fsp3) is 0.500. The van der Waals surface area contributed by atoms with E-state index in [0.717, 1.165) is 12.0 Å². The summed E-state index contributed by atoms with van der Waals surface area (Å²) < 4.78 is 10.3. The molecule has 0 atom stereocenters. The minimum atomic E-state index is -0.973. The van der Waals surface area contributed by atoms with Gasteiger partial charge in [0.2, 0.25) is 0 Å². The summed E-state index contributed by atoms with van der Waals surface area (Å²) in [6.07, 6.45) is 2.02. The van der Waals surface area contributed by atoms with Gasteiger partial charge in [-0.3, -0.25) is 0 Å². The highest BCUT2D eigenvalue weighted by atomic mass is 16.6. The molecule has 0 saturated carbocycles. The van der Waals surface area contributed by atoms with E-state index >= 15 is 0 Å². The fourth-order valence-electron chi connectivity index (χ4n) is 1.70. The van der Waals surface area contributed by atoms with Crippen molar-refractivity contribution in [3.63, 3.8) is 0 Å². The van der Waals surface area contributed by atoms with Crippen LogP contribution in [0.4, 0.5) is 0 Å². The van der Waals surface area contributed by atoms with Gasteiger partial charge in [-0.25, -0.2) is 9.59 Å². The zero-order valence-corrected chi connectivity index (χ0v) is 12.6. The number of rotatable bonds is 5. The molecule has 4 nitrogen and oxygen atoms in total. The molecule has 21 heavy (non-hydrogen) atoms. The Kier molecular flexibility index (Phi) is 7.78. The molecular formula is C16H25BO4. The number of hydrogen-bond donors (Lipinski definition) is 0. The van der Waals surface area contributed by atoms with Crippen molar-refractivity contribution in [1.82, 2.24) is 0 Å². The third-order valence-electron chi connectivity index (χ3n) is 3.56. The van der Waals surface area contributed by atoms with Crippen LogP contribution in [0.1, 0.15) is 46.1 Å². The lowest BCUT2D eigenvalue weighted by atomic mass is 10.0. The van der Waals surface area contributed by atoms with E-state index in [4.69, 9.17) is 9.47 Å². The van der Waals surface area contributed by atoms with Crippen molar-refractivity contribution in [1.29, 1.82) is 0 Å². The lowest BCUT2D eigenvalue weighted by molar-refractivity contribution is -0.172. The average molecular weight is 292 g/mol. The average Bonchev–Trinajstić information content (AvgIpc) is 2.47. The molecule has 0 aromatic heterocycles. The van der Waals surface area contributed by atoms with Crippen LogP contribution < -0.4 is 4.74 Å². The molecule has 0 bridgehead atoms. The molecule has 0 aliphatic carbocycles. The van der Waals surface area contributed by atoms with Crippen LogP contribution in [0.2, 0.25) is 0 Å². The van der Waals surface area contributed by atoms with Crippen LogP contribution in [0, 0.1) is 0 Å². The molecule has 0 fully saturated rings. The first kappa shape index (κ1) is 19.2. The van der Waals surface area contributed by atoms with Crippen LogP contribution >= 0.6 is 0 Å². The molecule has 116 valence electrons. The molecule has 0 saturated heterocycles. The highest BCUT2D eigenvalue weighted by molar-refractivity contribution is 6.30. The van der Waals surface area contributed by atoms with E-state index in [1.807, 2.05) is 32.9 Å². The van der Waals surface area contributed by atoms with Crippen LogP contribution in [0.15, 0.2) is 24.3 Å². The van der Waals surface area contributed by atoms with E-state index in [-0.39, 0.29) is 8.41 Å². The van der Waals surface area contributed by atoms with Gasteiger partial charge in [-0.2, -0.15) is 0 Å². The van der Waals surface area contributed by atoms with Crippen LogP contribution in [0.25, 0.3) is 0 Å². The van der Waals surface area contributed by atoms with Crippen molar-refractivity contribution in [2.45, 2.75) is 52.6 Å². The van der Waals surface area contributed by atoms with E-state index in [1.54, 1.807) is 19.1 Å². The second-order valence-corrected chi connectivity index (χ2v) is 4.90. The van der Waals surface area contributed by atoms with E-state index in [0.29, 0.717) is 18.6 Å². The highest BCUT2D eigenvalue weighted by Crippen LogP contribution is 2.21. The molecule has 0 N–H and O–H groups in total. The first-order valence-corrected chi connectivity index (χ1v) is 6.98. The van der Waals surface area contributed by atoms with Gasteiger partial charge in [0.05, 0.1) is 8.41 Å². The Hall–Kier alpha value is -1.78. The third-order valence-corrected chi connectivity index (χ3v) is 3.56. The zero-order chi connectivity index (χ0) is 15.2. The normalized spacial score (nSPS) is 10.5. The van der Waals surface area contributed by atoms with Gasteiger partial charge in [-0.05, 0) is 37.8 Å². The Morgan fingerprint density at radius 3 is 2.14 bits per heavy atom. The fourth-order valence-corrected chi connectivity index (χ4v) is 1.70. The number of carbonyl (C=O) groups excluding carboxylic acids is 2. The van der Waals surface area contributed by atoms with Gasteiger partial charge in [0.1, 0.15) is 11.4 Å². The highest BCUT2D eigenvalue weighted by Gasteiger charge is 2.29. The quantitative estimate of drug-likeness (QED) is 0.361. The van der Waals surface area contributed by atoms with Crippen LogP contribution in [-0.2, 0) is 20.7 Å². The minimum absolute atomic E-state index is 0.